The molecule has 2 bridgehead atoms. The second kappa shape index (κ2) is 12.2. The van der Waals surface area contributed by atoms with Crippen LogP contribution in [0.1, 0.15) is 77.6 Å². The van der Waals surface area contributed by atoms with Crippen LogP contribution in [0.3, 0.4) is 0 Å². The van der Waals surface area contributed by atoms with E-state index in [-0.39, 0.29) is 18.4 Å². The summed E-state index contributed by atoms with van der Waals surface area (Å²) >= 11 is 0. The van der Waals surface area contributed by atoms with E-state index in [1.54, 1.807) is 14.1 Å². The maximum absolute atomic E-state index is 11.8. The maximum Gasteiger partial charge on any atom is 0.409 e. The molecule has 2 aliphatic rings. The minimum atomic E-state index is -0.345. The van der Waals surface area contributed by atoms with Gasteiger partial charge < -0.3 is 14.4 Å². The Morgan fingerprint density at radius 1 is 1.11 bits per heavy atom. The summed E-state index contributed by atoms with van der Waals surface area (Å²) in [6.45, 7) is 2.88. The van der Waals surface area contributed by atoms with Gasteiger partial charge >= 0.3 is 6.09 Å². The third-order valence-electron chi connectivity index (χ3n) is 6.29. The number of fused-ring (bicyclic) bond motifs is 2. The molecule has 0 aliphatic heterocycles. The lowest BCUT2D eigenvalue weighted by molar-refractivity contribution is -0.00553. The first kappa shape index (κ1) is 22.8. The number of carbonyl (C=O) groups is 1. The van der Waals surface area contributed by atoms with E-state index < -0.39 is 0 Å². The van der Waals surface area contributed by atoms with Crippen LogP contribution in [0.2, 0.25) is 0 Å². The quantitative estimate of drug-likeness (QED) is 0.169. The molecule has 0 spiro atoms. The first-order valence-corrected chi connectivity index (χ1v) is 11.1. The van der Waals surface area contributed by atoms with Gasteiger partial charge in [0.15, 0.2) is 0 Å². The van der Waals surface area contributed by atoms with Crippen LogP contribution in [0.5, 0.6) is 0 Å². The van der Waals surface area contributed by atoms with E-state index in [4.69, 9.17) is 15.0 Å². The summed E-state index contributed by atoms with van der Waals surface area (Å²) in [4.78, 5) is 16.2. The number of nitrogens with zero attached hydrogens (tertiary/aromatic N) is 4. The number of rotatable bonds is 13. The van der Waals surface area contributed by atoms with Gasteiger partial charge in [0, 0.05) is 19.0 Å². The SMILES string of the molecule is CCCCCCCCCC(N=[N+]=[N-])OCC1CC2CC1CC2OC(=O)N(C)C. The van der Waals surface area contributed by atoms with Crippen molar-refractivity contribution in [1.82, 2.24) is 4.90 Å². The summed E-state index contributed by atoms with van der Waals surface area (Å²) in [6.07, 6.45) is 12.0. The minimum absolute atomic E-state index is 0.0526. The molecule has 0 N–H and O–H groups in total. The molecule has 2 aliphatic carbocycles. The van der Waals surface area contributed by atoms with Gasteiger partial charge in [-0.15, -0.1) is 0 Å². The van der Waals surface area contributed by atoms with Gasteiger partial charge in [0.05, 0.1) is 6.61 Å². The van der Waals surface area contributed by atoms with Crippen molar-refractivity contribution >= 4 is 6.09 Å². The van der Waals surface area contributed by atoms with Crippen LogP contribution in [0, 0.1) is 17.8 Å². The average molecular weight is 395 g/mol. The average Bonchev–Trinajstić information content (AvgIpc) is 3.25. The number of amides is 1. The Morgan fingerprint density at radius 2 is 1.82 bits per heavy atom. The van der Waals surface area contributed by atoms with Crippen molar-refractivity contribution < 1.29 is 14.3 Å². The van der Waals surface area contributed by atoms with E-state index in [9.17, 15) is 4.79 Å². The summed E-state index contributed by atoms with van der Waals surface area (Å²) in [5, 5.41) is 3.85. The van der Waals surface area contributed by atoms with Gasteiger partial charge in [0.1, 0.15) is 12.3 Å². The van der Waals surface area contributed by atoms with Crippen molar-refractivity contribution in [2.45, 2.75) is 89.9 Å². The molecule has 2 saturated carbocycles. The largest absolute Gasteiger partial charge is 0.446 e. The molecule has 0 saturated heterocycles. The molecule has 7 nitrogen and oxygen atoms in total. The molecule has 0 aromatic heterocycles. The van der Waals surface area contributed by atoms with Crippen LogP contribution in [0.15, 0.2) is 5.11 Å². The van der Waals surface area contributed by atoms with Crippen molar-refractivity contribution in [3.8, 4) is 0 Å². The molecule has 7 heteroatoms. The lowest BCUT2D eigenvalue weighted by Gasteiger charge is -2.29. The number of azide groups is 1. The second-order valence-corrected chi connectivity index (χ2v) is 8.71. The summed E-state index contributed by atoms with van der Waals surface area (Å²) < 4.78 is 11.6. The number of hydrogen-bond donors (Lipinski definition) is 0. The third kappa shape index (κ3) is 7.17. The van der Waals surface area contributed by atoms with E-state index in [1.165, 1.54) is 43.4 Å². The Kier molecular flexibility index (Phi) is 9.93. The van der Waals surface area contributed by atoms with Crippen molar-refractivity contribution in [2.75, 3.05) is 20.7 Å². The molecular weight excluding hydrogens is 356 g/mol. The zero-order valence-electron chi connectivity index (χ0n) is 17.9. The predicted octanol–water partition coefficient (Wildman–Crippen LogP) is 5.89. The van der Waals surface area contributed by atoms with Crippen molar-refractivity contribution in [3.05, 3.63) is 10.4 Å². The Morgan fingerprint density at radius 3 is 2.43 bits per heavy atom. The summed E-state index contributed by atoms with van der Waals surface area (Å²) in [5.74, 6) is 1.49. The molecule has 0 heterocycles. The fourth-order valence-electron chi connectivity index (χ4n) is 4.67. The van der Waals surface area contributed by atoms with Crippen LogP contribution < -0.4 is 0 Å². The highest BCUT2D eigenvalue weighted by Crippen LogP contribution is 2.50. The van der Waals surface area contributed by atoms with Crippen LogP contribution in [-0.4, -0.2) is 44.0 Å². The molecular formula is C21H38N4O3. The standard InChI is InChI=1S/C21H38N4O3/c1-4-5-6-7-8-9-10-11-20(23-24-22)27-15-18-13-17-12-16(18)14-19(17)28-21(26)25(2)3/h16-20H,4-15H2,1-3H3. The van der Waals surface area contributed by atoms with Gasteiger partial charge in [0.2, 0.25) is 0 Å². The maximum atomic E-state index is 11.8. The molecule has 1 amide bonds. The molecule has 5 unspecified atom stereocenters. The highest BCUT2D eigenvalue weighted by atomic mass is 16.6. The van der Waals surface area contributed by atoms with Crippen LogP contribution >= 0.6 is 0 Å². The lowest BCUT2D eigenvalue weighted by Crippen LogP contribution is -2.33. The van der Waals surface area contributed by atoms with Crippen LogP contribution in [0.25, 0.3) is 10.4 Å². The van der Waals surface area contributed by atoms with E-state index >= 15 is 0 Å². The van der Waals surface area contributed by atoms with Gasteiger partial charge in [-0.3, -0.25) is 0 Å². The number of unbranched alkanes of at least 4 members (excludes halogenated alkanes) is 6. The highest BCUT2D eigenvalue weighted by Gasteiger charge is 2.47. The molecule has 0 radical (unpaired) electrons. The van der Waals surface area contributed by atoms with Gasteiger partial charge in [-0.2, -0.15) is 0 Å². The van der Waals surface area contributed by atoms with Crippen molar-refractivity contribution in [1.29, 1.82) is 0 Å². The van der Waals surface area contributed by atoms with Gasteiger partial charge in [-0.1, -0.05) is 57.0 Å². The monoisotopic (exact) mass is 394 g/mol. The zero-order chi connectivity index (χ0) is 20.4. The first-order chi connectivity index (χ1) is 13.5. The molecule has 2 rings (SSSR count). The van der Waals surface area contributed by atoms with Gasteiger partial charge in [-0.05, 0) is 49.0 Å². The molecule has 28 heavy (non-hydrogen) atoms. The summed E-state index contributed by atoms with van der Waals surface area (Å²) in [6, 6.07) is 0. The molecule has 0 aromatic carbocycles. The lowest BCUT2D eigenvalue weighted by atomic mass is 9.88. The highest BCUT2D eigenvalue weighted by molar-refractivity contribution is 5.67. The van der Waals surface area contributed by atoms with Crippen LogP contribution in [-0.2, 0) is 9.47 Å². The van der Waals surface area contributed by atoms with Gasteiger partial charge in [-0.25, -0.2) is 4.79 Å². The minimum Gasteiger partial charge on any atom is -0.446 e. The Hall–Kier alpha value is -1.46. The van der Waals surface area contributed by atoms with E-state index in [2.05, 4.69) is 16.9 Å². The summed E-state index contributed by atoms with van der Waals surface area (Å²) in [7, 11) is 3.43. The Labute approximate surface area is 169 Å². The zero-order valence-corrected chi connectivity index (χ0v) is 17.9. The van der Waals surface area contributed by atoms with Crippen LogP contribution in [0.4, 0.5) is 4.79 Å². The molecule has 5 atom stereocenters. The number of ether oxygens (including phenoxy) is 2. The van der Waals surface area contributed by atoms with Gasteiger partial charge in [0.25, 0.3) is 0 Å². The van der Waals surface area contributed by atoms with Crippen molar-refractivity contribution in [3.63, 3.8) is 0 Å². The Balaban J connectivity index is 1.64. The smallest absolute Gasteiger partial charge is 0.409 e. The molecule has 160 valence electrons. The fourth-order valence-corrected chi connectivity index (χ4v) is 4.67. The van der Waals surface area contributed by atoms with E-state index in [0.717, 1.165) is 32.1 Å². The van der Waals surface area contributed by atoms with E-state index in [0.29, 0.717) is 24.4 Å². The first-order valence-electron chi connectivity index (χ1n) is 11.1. The number of hydrogen-bond acceptors (Lipinski definition) is 4. The predicted molar refractivity (Wildman–Crippen MR) is 110 cm³/mol. The normalized spacial score (nSPS) is 26.7. The van der Waals surface area contributed by atoms with Crippen molar-refractivity contribution in [2.24, 2.45) is 22.9 Å². The number of carbonyl (C=O) groups excluding carboxylic acids is 1. The Bertz CT molecular complexity index is 522. The fraction of sp³-hybridized carbons (Fsp3) is 0.952. The molecule has 2 fully saturated rings. The third-order valence-corrected chi connectivity index (χ3v) is 6.29. The topological polar surface area (TPSA) is 87.5 Å². The second-order valence-electron chi connectivity index (χ2n) is 8.71. The molecule has 0 aromatic rings. The van der Waals surface area contributed by atoms with E-state index in [1.807, 2.05) is 0 Å². The summed E-state index contributed by atoms with van der Waals surface area (Å²) in [5.41, 5.74) is 8.82.